The first-order valence-electron chi connectivity index (χ1n) is 8.86. The van der Waals surface area contributed by atoms with Crippen molar-refractivity contribution in [1.82, 2.24) is 4.90 Å². The highest BCUT2D eigenvalue weighted by molar-refractivity contribution is 5.92. The predicted molar refractivity (Wildman–Crippen MR) is 96.5 cm³/mol. The van der Waals surface area contributed by atoms with E-state index in [9.17, 15) is 9.59 Å². The molecule has 1 aromatic carbocycles. The van der Waals surface area contributed by atoms with Crippen LogP contribution in [0.1, 0.15) is 12.8 Å². The molecule has 0 spiro atoms. The van der Waals surface area contributed by atoms with E-state index in [4.69, 9.17) is 10.5 Å². The maximum Gasteiger partial charge on any atom is 0.238 e. The number of benzene rings is 1. The molecule has 2 aliphatic heterocycles. The standard InChI is InChI=1S/C18H26N4O3/c19-18(24)14-5-7-21(8-6-14)13-17(23)20-15-1-3-16(4-2-15)22-9-11-25-12-10-22/h1-4,14H,5-13H2,(H2,19,24)(H,20,23). The highest BCUT2D eigenvalue weighted by Crippen LogP contribution is 2.20. The first kappa shape index (κ1) is 17.7. The Morgan fingerprint density at radius 3 is 2.32 bits per heavy atom. The summed E-state index contributed by atoms with van der Waals surface area (Å²) in [6, 6.07) is 7.92. The van der Waals surface area contributed by atoms with Gasteiger partial charge in [-0.25, -0.2) is 0 Å². The van der Waals surface area contributed by atoms with Crippen molar-refractivity contribution in [2.45, 2.75) is 12.8 Å². The molecule has 2 saturated heterocycles. The second-order valence-corrected chi connectivity index (χ2v) is 6.65. The SMILES string of the molecule is NC(=O)C1CCN(CC(=O)Nc2ccc(N3CCOCC3)cc2)CC1. The lowest BCUT2D eigenvalue weighted by Gasteiger charge is -2.30. The summed E-state index contributed by atoms with van der Waals surface area (Å²) in [5.41, 5.74) is 7.28. The third-order valence-corrected chi connectivity index (χ3v) is 4.88. The number of rotatable bonds is 5. The van der Waals surface area contributed by atoms with Crippen LogP contribution in [0.4, 0.5) is 11.4 Å². The van der Waals surface area contributed by atoms with Crippen molar-refractivity contribution in [3.05, 3.63) is 24.3 Å². The lowest BCUT2D eigenvalue weighted by molar-refractivity contribution is -0.123. The van der Waals surface area contributed by atoms with Crippen molar-refractivity contribution in [2.75, 3.05) is 56.2 Å². The number of amides is 2. The summed E-state index contributed by atoms with van der Waals surface area (Å²) in [6.45, 7) is 5.11. The number of nitrogens with zero attached hydrogens (tertiary/aromatic N) is 2. The molecule has 3 rings (SSSR count). The number of anilines is 2. The highest BCUT2D eigenvalue weighted by atomic mass is 16.5. The molecular weight excluding hydrogens is 320 g/mol. The Morgan fingerprint density at radius 1 is 1.08 bits per heavy atom. The first-order chi connectivity index (χ1) is 12.1. The van der Waals surface area contributed by atoms with E-state index in [2.05, 4.69) is 15.1 Å². The molecule has 0 unspecified atom stereocenters. The van der Waals surface area contributed by atoms with Crippen LogP contribution in [0.5, 0.6) is 0 Å². The summed E-state index contributed by atoms with van der Waals surface area (Å²) < 4.78 is 5.36. The normalized spacial score (nSPS) is 19.6. The number of nitrogens with two attached hydrogens (primary N) is 1. The van der Waals surface area contributed by atoms with E-state index in [1.165, 1.54) is 0 Å². The number of piperidine rings is 1. The Kier molecular flexibility index (Phi) is 5.88. The molecule has 0 radical (unpaired) electrons. The fraction of sp³-hybridized carbons (Fsp3) is 0.556. The summed E-state index contributed by atoms with van der Waals surface area (Å²) in [5.74, 6) is -0.312. The van der Waals surface area contributed by atoms with Gasteiger partial charge in [-0.05, 0) is 50.2 Å². The second-order valence-electron chi connectivity index (χ2n) is 6.65. The highest BCUT2D eigenvalue weighted by Gasteiger charge is 2.24. The number of morpholine rings is 1. The lowest BCUT2D eigenvalue weighted by atomic mass is 9.96. The van der Waals surface area contributed by atoms with Gasteiger partial charge in [0, 0.05) is 30.4 Å². The molecular formula is C18H26N4O3. The third-order valence-electron chi connectivity index (χ3n) is 4.88. The van der Waals surface area contributed by atoms with E-state index < -0.39 is 0 Å². The monoisotopic (exact) mass is 346 g/mol. The Morgan fingerprint density at radius 2 is 1.72 bits per heavy atom. The van der Waals surface area contributed by atoms with Gasteiger partial charge in [0.25, 0.3) is 0 Å². The molecule has 3 N–H and O–H groups in total. The molecule has 7 heteroatoms. The van der Waals surface area contributed by atoms with Gasteiger partial charge in [0.1, 0.15) is 0 Å². The minimum absolute atomic E-state index is 0.0309. The fourth-order valence-electron chi connectivity index (χ4n) is 3.36. The van der Waals surface area contributed by atoms with Gasteiger partial charge in [-0.3, -0.25) is 14.5 Å². The minimum atomic E-state index is -0.232. The molecule has 7 nitrogen and oxygen atoms in total. The number of likely N-dealkylation sites (tertiary alicyclic amines) is 1. The summed E-state index contributed by atoms with van der Waals surface area (Å²) in [6.07, 6.45) is 1.47. The van der Waals surface area contributed by atoms with Gasteiger partial charge in [-0.2, -0.15) is 0 Å². The Labute approximate surface area is 148 Å². The zero-order valence-electron chi connectivity index (χ0n) is 14.4. The molecule has 2 aliphatic rings. The number of hydrogen-bond donors (Lipinski definition) is 2. The van der Waals surface area contributed by atoms with Gasteiger partial charge in [-0.1, -0.05) is 0 Å². The number of primary amides is 1. The molecule has 0 aliphatic carbocycles. The zero-order chi connectivity index (χ0) is 17.6. The predicted octanol–water partition coefficient (Wildman–Crippen LogP) is 0.659. The average molecular weight is 346 g/mol. The van der Waals surface area contributed by atoms with E-state index in [1.807, 2.05) is 24.3 Å². The van der Waals surface area contributed by atoms with Crippen molar-refractivity contribution in [2.24, 2.45) is 11.7 Å². The molecule has 2 fully saturated rings. The molecule has 1 aromatic rings. The van der Waals surface area contributed by atoms with Gasteiger partial charge in [0.15, 0.2) is 0 Å². The summed E-state index contributed by atoms with van der Waals surface area (Å²) in [5, 5.41) is 2.94. The lowest BCUT2D eigenvalue weighted by Crippen LogP contribution is -2.42. The Hall–Kier alpha value is -2.12. The molecule has 0 bridgehead atoms. The van der Waals surface area contributed by atoms with Crippen LogP contribution in [0.25, 0.3) is 0 Å². The van der Waals surface area contributed by atoms with Crippen LogP contribution in [0, 0.1) is 5.92 Å². The van der Waals surface area contributed by atoms with Crippen LogP contribution >= 0.6 is 0 Å². The molecule has 0 atom stereocenters. The van der Waals surface area contributed by atoms with Gasteiger partial charge in [0.2, 0.25) is 11.8 Å². The average Bonchev–Trinajstić information content (AvgIpc) is 2.63. The van der Waals surface area contributed by atoms with E-state index in [0.717, 1.165) is 63.6 Å². The van der Waals surface area contributed by atoms with Crippen LogP contribution < -0.4 is 16.0 Å². The van der Waals surface area contributed by atoms with Crippen LogP contribution in [0.15, 0.2) is 24.3 Å². The Balaban J connectivity index is 1.45. The largest absolute Gasteiger partial charge is 0.378 e. The van der Waals surface area contributed by atoms with Crippen LogP contribution in [0.3, 0.4) is 0 Å². The quantitative estimate of drug-likeness (QED) is 0.818. The van der Waals surface area contributed by atoms with E-state index in [-0.39, 0.29) is 17.7 Å². The molecule has 0 aromatic heterocycles. The van der Waals surface area contributed by atoms with E-state index in [1.54, 1.807) is 0 Å². The summed E-state index contributed by atoms with van der Waals surface area (Å²) >= 11 is 0. The minimum Gasteiger partial charge on any atom is -0.378 e. The zero-order valence-corrected chi connectivity index (χ0v) is 14.4. The van der Waals surface area contributed by atoms with Crippen molar-refractivity contribution >= 4 is 23.2 Å². The van der Waals surface area contributed by atoms with Crippen molar-refractivity contribution in [3.63, 3.8) is 0 Å². The van der Waals surface area contributed by atoms with E-state index >= 15 is 0 Å². The fourth-order valence-corrected chi connectivity index (χ4v) is 3.36. The number of carbonyl (C=O) groups is 2. The molecule has 25 heavy (non-hydrogen) atoms. The second kappa shape index (κ2) is 8.31. The molecule has 136 valence electrons. The smallest absolute Gasteiger partial charge is 0.238 e. The summed E-state index contributed by atoms with van der Waals surface area (Å²) in [7, 11) is 0. The number of hydrogen-bond acceptors (Lipinski definition) is 5. The van der Waals surface area contributed by atoms with Gasteiger partial charge < -0.3 is 20.7 Å². The van der Waals surface area contributed by atoms with Crippen LogP contribution in [-0.2, 0) is 14.3 Å². The van der Waals surface area contributed by atoms with Gasteiger partial charge in [0.05, 0.1) is 19.8 Å². The summed E-state index contributed by atoms with van der Waals surface area (Å²) in [4.78, 5) is 27.7. The molecule has 0 saturated carbocycles. The third kappa shape index (κ3) is 4.93. The number of carbonyl (C=O) groups excluding carboxylic acids is 2. The van der Waals surface area contributed by atoms with Crippen molar-refractivity contribution in [3.8, 4) is 0 Å². The van der Waals surface area contributed by atoms with Crippen molar-refractivity contribution < 1.29 is 14.3 Å². The number of ether oxygens (including phenoxy) is 1. The van der Waals surface area contributed by atoms with Crippen LogP contribution in [-0.4, -0.2) is 62.7 Å². The van der Waals surface area contributed by atoms with Gasteiger partial charge in [-0.15, -0.1) is 0 Å². The van der Waals surface area contributed by atoms with Crippen molar-refractivity contribution in [1.29, 1.82) is 0 Å². The van der Waals surface area contributed by atoms with E-state index in [0.29, 0.717) is 6.54 Å². The molecule has 2 amide bonds. The Bertz CT molecular complexity index is 591. The maximum absolute atomic E-state index is 12.2. The first-order valence-corrected chi connectivity index (χ1v) is 8.86. The topological polar surface area (TPSA) is 87.9 Å². The van der Waals surface area contributed by atoms with Crippen LogP contribution in [0.2, 0.25) is 0 Å². The van der Waals surface area contributed by atoms with Gasteiger partial charge >= 0.3 is 0 Å². The number of nitrogens with one attached hydrogen (secondary N) is 1. The molecule has 2 heterocycles. The maximum atomic E-state index is 12.2.